The van der Waals surface area contributed by atoms with Gasteiger partial charge in [0.05, 0.1) is 23.5 Å². The molecule has 3 amide bonds. The van der Waals surface area contributed by atoms with Crippen LogP contribution in [0.25, 0.3) is 10.2 Å². The normalized spacial score (nSPS) is 15.8. The van der Waals surface area contributed by atoms with Crippen molar-refractivity contribution in [1.29, 1.82) is 0 Å². The van der Waals surface area contributed by atoms with Gasteiger partial charge in [-0.25, -0.2) is 18.7 Å². The monoisotopic (exact) mass is 636 g/mol. The van der Waals surface area contributed by atoms with Crippen LogP contribution in [0.1, 0.15) is 28.1 Å². The van der Waals surface area contributed by atoms with Crippen LogP contribution in [0.3, 0.4) is 0 Å². The van der Waals surface area contributed by atoms with Crippen LogP contribution in [-0.4, -0.2) is 72.0 Å². The number of hydrogen-bond donors (Lipinski definition) is 3. The number of halogens is 2. The van der Waals surface area contributed by atoms with E-state index in [0.29, 0.717) is 65.5 Å². The van der Waals surface area contributed by atoms with Gasteiger partial charge in [-0.05, 0) is 61.7 Å². The first-order valence-electron chi connectivity index (χ1n) is 14.4. The van der Waals surface area contributed by atoms with Crippen molar-refractivity contribution < 1.29 is 32.6 Å². The Hall–Kier alpha value is -4.53. The lowest BCUT2D eigenvalue weighted by Gasteiger charge is -2.26. The molecule has 45 heavy (non-hydrogen) atoms. The number of carbonyl (C=O) groups is 3. The van der Waals surface area contributed by atoms with Crippen molar-refractivity contribution in [3.8, 4) is 11.6 Å². The highest BCUT2D eigenvalue weighted by Crippen LogP contribution is 2.47. The van der Waals surface area contributed by atoms with Crippen molar-refractivity contribution >= 4 is 50.6 Å². The smallest absolute Gasteiger partial charge is 0.261 e. The van der Waals surface area contributed by atoms with Gasteiger partial charge < -0.3 is 25.4 Å². The first-order valence-corrected chi connectivity index (χ1v) is 15.2. The largest absolute Gasteiger partial charge is 0.435 e. The molecule has 2 aromatic heterocycles. The highest BCUT2D eigenvalue weighted by molar-refractivity contribution is 7.20. The molecule has 1 aliphatic heterocycles. The summed E-state index contributed by atoms with van der Waals surface area (Å²) >= 11 is 1.20. The highest BCUT2D eigenvalue weighted by atomic mass is 32.1. The van der Waals surface area contributed by atoms with Crippen molar-refractivity contribution in [1.82, 2.24) is 20.2 Å². The number of amides is 3. The van der Waals surface area contributed by atoms with Crippen LogP contribution >= 0.6 is 11.3 Å². The van der Waals surface area contributed by atoms with Gasteiger partial charge in [-0.2, -0.15) is 0 Å². The number of carbonyl (C=O) groups excluding carboxylic acids is 3. The Balaban J connectivity index is 1.11. The molecule has 0 radical (unpaired) electrons. The molecule has 234 valence electrons. The number of anilines is 2. The first kappa shape index (κ1) is 30.5. The third-order valence-corrected chi connectivity index (χ3v) is 9.03. The number of nitrogens with one attached hydrogen (secondary N) is 3. The quantitative estimate of drug-likeness (QED) is 0.217. The molecular formula is C31H30F2N6O5S. The molecule has 0 spiro atoms. The zero-order valence-corrected chi connectivity index (χ0v) is 25.1. The average molecular weight is 637 g/mol. The van der Waals surface area contributed by atoms with Crippen molar-refractivity contribution in [2.75, 3.05) is 50.0 Å². The predicted molar refractivity (Wildman–Crippen MR) is 164 cm³/mol. The van der Waals surface area contributed by atoms with E-state index in [0.717, 1.165) is 19.2 Å². The minimum Gasteiger partial charge on any atom is -0.435 e. The second kappa shape index (κ2) is 12.8. The standard InChI is InChI=1S/C31H30F2N6O5S/c1-18-24-27(35-17-36-28(24)45-25(18)26(40)34-10-11-39-12-14-43-15-13-39)44-23-7-6-21(16-22(23)33)38-30(42)31(8-9-31)29(41)37-20-4-2-19(32)3-5-20/h2-7,16-17H,8-15H2,1H3,(H,34,40)(H,37,41)(H,38,42). The number of morpholine rings is 1. The summed E-state index contributed by atoms with van der Waals surface area (Å²) in [5.74, 6) is -2.60. The fourth-order valence-electron chi connectivity index (χ4n) is 5.05. The number of nitrogens with zero attached hydrogens (tertiary/aromatic N) is 3. The summed E-state index contributed by atoms with van der Waals surface area (Å²) in [4.78, 5) is 50.5. The Kier molecular flexibility index (Phi) is 8.70. The summed E-state index contributed by atoms with van der Waals surface area (Å²) in [5, 5.41) is 8.70. The van der Waals surface area contributed by atoms with Gasteiger partial charge in [-0.1, -0.05) is 0 Å². The van der Waals surface area contributed by atoms with Crippen molar-refractivity contribution in [3.63, 3.8) is 0 Å². The summed E-state index contributed by atoms with van der Waals surface area (Å²) < 4.78 is 39.6. The summed E-state index contributed by atoms with van der Waals surface area (Å²) in [6.45, 7) is 5.98. The molecule has 6 rings (SSSR count). The molecule has 1 saturated carbocycles. The molecule has 3 heterocycles. The van der Waals surface area contributed by atoms with Crippen LogP contribution in [0.4, 0.5) is 20.2 Å². The van der Waals surface area contributed by atoms with Crippen molar-refractivity contribution in [2.45, 2.75) is 19.8 Å². The molecule has 0 unspecified atom stereocenters. The number of aromatic nitrogens is 2. The topological polar surface area (TPSA) is 135 Å². The van der Waals surface area contributed by atoms with Crippen LogP contribution in [-0.2, 0) is 14.3 Å². The van der Waals surface area contributed by atoms with Gasteiger partial charge in [0.15, 0.2) is 11.6 Å². The van der Waals surface area contributed by atoms with Crippen molar-refractivity contribution in [2.24, 2.45) is 5.41 Å². The van der Waals surface area contributed by atoms with Crippen LogP contribution in [0, 0.1) is 24.0 Å². The van der Waals surface area contributed by atoms with E-state index in [-0.39, 0.29) is 23.2 Å². The molecule has 2 aromatic carbocycles. The number of hydrogen-bond acceptors (Lipinski definition) is 9. The maximum Gasteiger partial charge on any atom is 0.261 e. The Morgan fingerprint density at radius 2 is 1.69 bits per heavy atom. The number of benzene rings is 2. The zero-order valence-electron chi connectivity index (χ0n) is 24.3. The summed E-state index contributed by atoms with van der Waals surface area (Å²) in [7, 11) is 0. The number of aryl methyl sites for hydroxylation is 1. The van der Waals surface area contributed by atoms with E-state index in [2.05, 4.69) is 30.8 Å². The van der Waals surface area contributed by atoms with E-state index in [1.807, 2.05) is 0 Å². The molecule has 1 aliphatic carbocycles. The highest BCUT2D eigenvalue weighted by Gasteiger charge is 2.56. The van der Waals surface area contributed by atoms with Crippen molar-refractivity contribution in [3.05, 3.63) is 70.9 Å². The Morgan fingerprint density at radius 3 is 2.38 bits per heavy atom. The fourth-order valence-corrected chi connectivity index (χ4v) is 6.10. The van der Waals surface area contributed by atoms with Crippen LogP contribution in [0.5, 0.6) is 11.6 Å². The van der Waals surface area contributed by atoms with E-state index < -0.39 is 28.9 Å². The molecule has 0 atom stereocenters. The zero-order chi connectivity index (χ0) is 31.6. The van der Waals surface area contributed by atoms with Gasteiger partial charge in [0.1, 0.15) is 22.4 Å². The molecule has 4 aromatic rings. The van der Waals surface area contributed by atoms with E-state index in [4.69, 9.17) is 9.47 Å². The number of fused-ring (bicyclic) bond motifs is 1. The van der Waals surface area contributed by atoms with Gasteiger partial charge in [-0.3, -0.25) is 19.3 Å². The lowest BCUT2D eigenvalue weighted by atomic mass is 10.0. The fraction of sp³-hybridized carbons (Fsp3) is 0.323. The second-order valence-corrected chi connectivity index (χ2v) is 11.9. The number of thiophene rings is 1. The molecule has 2 fully saturated rings. The van der Waals surface area contributed by atoms with Gasteiger partial charge in [0, 0.05) is 43.6 Å². The maximum atomic E-state index is 15.2. The molecule has 3 N–H and O–H groups in total. The third kappa shape index (κ3) is 6.62. The van der Waals surface area contributed by atoms with Crippen LogP contribution in [0.15, 0.2) is 48.8 Å². The van der Waals surface area contributed by atoms with Gasteiger partial charge in [-0.15, -0.1) is 11.3 Å². The minimum absolute atomic E-state index is 0.0891. The third-order valence-electron chi connectivity index (χ3n) is 7.83. The van der Waals surface area contributed by atoms with Gasteiger partial charge in [0.2, 0.25) is 17.7 Å². The lowest BCUT2D eigenvalue weighted by molar-refractivity contribution is -0.131. The molecule has 2 aliphatic rings. The minimum atomic E-state index is -1.30. The summed E-state index contributed by atoms with van der Waals surface area (Å²) in [6.07, 6.45) is 1.94. The number of ether oxygens (including phenoxy) is 2. The van der Waals surface area contributed by atoms with E-state index in [9.17, 15) is 18.8 Å². The molecular weight excluding hydrogens is 606 g/mol. The molecule has 14 heteroatoms. The second-order valence-electron chi connectivity index (χ2n) is 10.9. The molecule has 0 bridgehead atoms. The lowest BCUT2D eigenvalue weighted by Crippen LogP contribution is -2.41. The van der Waals surface area contributed by atoms with E-state index >= 15 is 4.39 Å². The van der Waals surface area contributed by atoms with Crippen LogP contribution < -0.4 is 20.7 Å². The van der Waals surface area contributed by atoms with Gasteiger partial charge >= 0.3 is 0 Å². The molecule has 11 nitrogen and oxygen atoms in total. The Labute approximate surface area is 260 Å². The predicted octanol–water partition coefficient (Wildman–Crippen LogP) is 4.49. The summed E-state index contributed by atoms with van der Waals surface area (Å²) in [5.41, 5.74) is -0.173. The first-order chi connectivity index (χ1) is 21.7. The summed E-state index contributed by atoms with van der Waals surface area (Å²) in [6, 6.07) is 9.11. The van der Waals surface area contributed by atoms with E-state index in [1.165, 1.54) is 54.1 Å². The Bertz CT molecular complexity index is 1760. The maximum absolute atomic E-state index is 15.2. The van der Waals surface area contributed by atoms with E-state index in [1.54, 1.807) is 6.92 Å². The number of rotatable bonds is 10. The average Bonchev–Trinajstić information content (AvgIpc) is 3.78. The van der Waals surface area contributed by atoms with Gasteiger partial charge in [0.25, 0.3) is 5.91 Å². The SMILES string of the molecule is Cc1c(C(=O)NCCN2CCOCC2)sc2ncnc(Oc3ccc(NC(=O)C4(C(=O)Nc5ccc(F)cc5)CC4)cc3F)c12. The van der Waals surface area contributed by atoms with Crippen LogP contribution in [0.2, 0.25) is 0 Å². The molecule has 1 saturated heterocycles. The Morgan fingerprint density at radius 1 is 1.00 bits per heavy atom.